The molecule has 0 aromatic rings. The van der Waals surface area contributed by atoms with Gasteiger partial charge in [0.05, 0.1) is 0 Å². The monoisotopic (exact) mass is 226 g/mol. The van der Waals surface area contributed by atoms with Crippen molar-refractivity contribution in [3.63, 3.8) is 0 Å². The second kappa shape index (κ2) is 6.24. The molecule has 1 amide bonds. The van der Waals surface area contributed by atoms with Gasteiger partial charge in [0.25, 0.3) is 0 Å². The summed E-state index contributed by atoms with van der Waals surface area (Å²) in [7, 11) is 0. The minimum atomic E-state index is 0.188. The predicted octanol–water partition coefficient (Wildman–Crippen LogP) is 2.07. The number of nitrogens with one attached hydrogen (secondary N) is 2. The van der Waals surface area contributed by atoms with E-state index in [9.17, 15) is 4.79 Å². The van der Waals surface area contributed by atoms with E-state index in [1.807, 2.05) is 0 Å². The Balaban J connectivity index is 2.19. The van der Waals surface area contributed by atoms with Crippen molar-refractivity contribution in [3.05, 3.63) is 0 Å². The summed E-state index contributed by atoms with van der Waals surface area (Å²) >= 11 is 0. The Labute approximate surface area is 99.4 Å². The molecule has 0 bridgehead atoms. The molecule has 0 aromatic carbocycles. The molecule has 0 heterocycles. The van der Waals surface area contributed by atoms with Crippen LogP contribution in [0.3, 0.4) is 0 Å². The lowest BCUT2D eigenvalue weighted by Crippen LogP contribution is -2.43. The summed E-state index contributed by atoms with van der Waals surface area (Å²) in [5.41, 5.74) is 0.428. The highest BCUT2D eigenvalue weighted by molar-refractivity contribution is 5.76. The minimum Gasteiger partial charge on any atom is -0.355 e. The summed E-state index contributed by atoms with van der Waals surface area (Å²) in [5.74, 6) is 0.188. The smallest absolute Gasteiger partial charge is 0.221 e. The van der Waals surface area contributed by atoms with Gasteiger partial charge in [-0.25, -0.2) is 0 Å². The van der Waals surface area contributed by atoms with E-state index in [0.29, 0.717) is 11.8 Å². The third kappa shape index (κ3) is 3.78. The van der Waals surface area contributed by atoms with Crippen LogP contribution >= 0.6 is 0 Å². The van der Waals surface area contributed by atoms with Crippen molar-refractivity contribution in [3.8, 4) is 0 Å². The van der Waals surface area contributed by atoms with Crippen LogP contribution in [0.1, 0.15) is 52.9 Å². The SMILES string of the molecule is CCNC(C)CC(=O)NCC1(CC)CCC1. The van der Waals surface area contributed by atoms with Gasteiger partial charge in [0, 0.05) is 19.0 Å². The fourth-order valence-corrected chi connectivity index (χ4v) is 2.39. The van der Waals surface area contributed by atoms with E-state index in [1.54, 1.807) is 0 Å². The number of hydrogen-bond acceptors (Lipinski definition) is 2. The lowest BCUT2D eigenvalue weighted by Gasteiger charge is -2.41. The van der Waals surface area contributed by atoms with Crippen LogP contribution in [0.15, 0.2) is 0 Å². The molecule has 3 nitrogen and oxygen atoms in total. The van der Waals surface area contributed by atoms with Gasteiger partial charge in [0.2, 0.25) is 5.91 Å². The number of carbonyl (C=O) groups excluding carboxylic acids is 1. The highest BCUT2D eigenvalue weighted by atomic mass is 16.1. The van der Waals surface area contributed by atoms with Gasteiger partial charge in [-0.1, -0.05) is 20.3 Å². The zero-order valence-corrected chi connectivity index (χ0v) is 10.9. The van der Waals surface area contributed by atoms with Crippen LogP contribution < -0.4 is 10.6 Å². The molecule has 3 heteroatoms. The van der Waals surface area contributed by atoms with E-state index in [-0.39, 0.29) is 11.9 Å². The Morgan fingerprint density at radius 3 is 2.50 bits per heavy atom. The van der Waals surface area contributed by atoms with Gasteiger partial charge in [0.15, 0.2) is 0 Å². The maximum absolute atomic E-state index is 11.7. The Hall–Kier alpha value is -0.570. The van der Waals surface area contributed by atoms with Crippen molar-refractivity contribution in [1.82, 2.24) is 10.6 Å². The first kappa shape index (κ1) is 13.5. The highest BCUT2D eigenvalue weighted by Gasteiger charge is 2.35. The van der Waals surface area contributed by atoms with Crippen molar-refractivity contribution in [1.29, 1.82) is 0 Å². The van der Waals surface area contributed by atoms with E-state index in [2.05, 4.69) is 31.4 Å². The average Bonchev–Trinajstić information content (AvgIpc) is 2.17. The molecule has 0 radical (unpaired) electrons. The van der Waals surface area contributed by atoms with E-state index < -0.39 is 0 Å². The molecule has 0 saturated heterocycles. The predicted molar refractivity (Wildman–Crippen MR) is 67.3 cm³/mol. The van der Waals surface area contributed by atoms with Gasteiger partial charge in [-0.3, -0.25) is 4.79 Å². The van der Waals surface area contributed by atoms with Gasteiger partial charge in [-0.2, -0.15) is 0 Å². The number of rotatable bonds is 7. The first-order valence-electron chi connectivity index (χ1n) is 6.62. The number of amides is 1. The zero-order valence-electron chi connectivity index (χ0n) is 10.9. The zero-order chi connectivity index (χ0) is 12.0. The van der Waals surface area contributed by atoms with Crippen LogP contribution in [0.2, 0.25) is 0 Å². The van der Waals surface area contributed by atoms with Crippen LogP contribution in [-0.2, 0) is 4.79 Å². The van der Waals surface area contributed by atoms with Crippen molar-refractivity contribution in [2.45, 2.75) is 58.9 Å². The summed E-state index contributed by atoms with van der Waals surface area (Å²) in [4.78, 5) is 11.7. The maximum Gasteiger partial charge on any atom is 0.221 e. The lowest BCUT2D eigenvalue weighted by molar-refractivity contribution is -0.122. The van der Waals surface area contributed by atoms with Crippen molar-refractivity contribution >= 4 is 5.91 Å². The van der Waals surface area contributed by atoms with Gasteiger partial charge in [0.1, 0.15) is 0 Å². The van der Waals surface area contributed by atoms with Crippen LogP contribution in [0.5, 0.6) is 0 Å². The van der Waals surface area contributed by atoms with Gasteiger partial charge in [-0.15, -0.1) is 0 Å². The van der Waals surface area contributed by atoms with E-state index in [0.717, 1.165) is 13.1 Å². The lowest BCUT2D eigenvalue weighted by atomic mass is 9.67. The molecule has 0 aliphatic heterocycles. The molecule has 94 valence electrons. The molecule has 1 unspecified atom stereocenters. The molecular formula is C13H26N2O. The second-order valence-electron chi connectivity index (χ2n) is 5.15. The van der Waals surface area contributed by atoms with Crippen molar-refractivity contribution in [2.75, 3.05) is 13.1 Å². The molecule has 1 aliphatic rings. The van der Waals surface area contributed by atoms with Gasteiger partial charge < -0.3 is 10.6 Å². The average molecular weight is 226 g/mol. The summed E-state index contributed by atoms with van der Waals surface area (Å²) in [6.45, 7) is 8.15. The Morgan fingerprint density at radius 1 is 1.38 bits per heavy atom. The molecule has 16 heavy (non-hydrogen) atoms. The van der Waals surface area contributed by atoms with Gasteiger partial charge >= 0.3 is 0 Å². The fraction of sp³-hybridized carbons (Fsp3) is 0.923. The van der Waals surface area contributed by atoms with Crippen LogP contribution in [0.25, 0.3) is 0 Å². The third-order valence-electron chi connectivity index (χ3n) is 3.87. The van der Waals surface area contributed by atoms with E-state index in [4.69, 9.17) is 0 Å². The highest BCUT2D eigenvalue weighted by Crippen LogP contribution is 2.42. The van der Waals surface area contributed by atoms with Crippen LogP contribution in [0.4, 0.5) is 0 Å². The molecule has 1 fully saturated rings. The first-order chi connectivity index (χ1) is 7.62. The summed E-state index contributed by atoms with van der Waals surface area (Å²) in [6, 6.07) is 0.281. The quantitative estimate of drug-likeness (QED) is 0.698. The van der Waals surface area contributed by atoms with Crippen LogP contribution in [-0.4, -0.2) is 25.0 Å². The molecule has 1 rings (SSSR count). The van der Waals surface area contributed by atoms with E-state index in [1.165, 1.54) is 25.7 Å². The summed E-state index contributed by atoms with van der Waals surface area (Å²) in [5, 5.41) is 6.34. The maximum atomic E-state index is 11.7. The standard InChI is InChI=1S/C13H26N2O/c1-4-13(7-6-8-13)10-15-12(16)9-11(3)14-5-2/h11,14H,4-10H2,1-3H3,(H,15,16). The van der Waals surface area contributed by atoms with Crippen molar-refractivity contribution < 1.29 is 4.79 Å². The molecule has 1 saturated carbocycles. The fourth-order valence-electron chi connectivity index (χ4n) is 2.39. The normalized spacial score (nSPS) is 19.9. The Morgan fingerprint density at radius 2 is 2.06 bits per heavy atom. The Bertz CT molecular complexity index is 218. The minimum absolute atomic E-state index is 0.188. The molecular weight excluding hydrogens is 200 g/mol. The largest absolute Gasteiger partial charge is 0.355 e. The van der Waals surface area contributed by atoms with E-state index >= 15 is 0 Å². The number of hydrogen-bond donors (Lipinski definition) is 2. The molecule has 1 aliphatic carbocycles. The van der Waals surface area contributed by atoms with Gasteiger partial charge in [-0.05, 0) is 38.1 Å². The molecule has 2 N–H and O–H groups in total. The Kier molecular flexibility index (Phi) is 5.26. The third-order valence-corrected chi connectivity index (χ3v) is 3.87. The van der Waals surface area contributed by atoms with Crippen LogP contribution in [0, 0.1) is 5.41 Å². The topological polar surface area (TPSA) is 41.1 Å². The second-order valence-corrected chi connectivity index (χ2v) is 5.15. The first-order valence-corrected chi connectivity index (χ1v) is 6.62. The summed E-state index contributed by atoms with van der Waals surface area (Å²) < 4.78 is 0. The summed E-state index contributed by atoms with van der Waals surface area (Å²) in [6.07, 6.45) is 5.68. The molecule has 0 aromatic heterocycles. The van der Waals surface area contributed by atoms with Crippen molar-refractivity contribution in [2.24, 2.45) is 5.41 Å². The molecule has 1 atom stereocenters. The molecule has 0 spiro atoms. The number of carbonyl (C=O) groups is 1.